The Bertz CT molecular complexity index is 737. The topological polar surface area (TPSA) is 137 Å². The smallest absolute Gasteiger partial charge is 0.305 e. The third kappa shape index (κ3) is 4.16. The number of aliphatic hydroxyl groups excluding tert-OH is 1. The Balaban J connectivity index is 1.61. The first-order valence-corrected chi connectivity index (χ1v) is 9.22. The second-order valence-corrected chi connectivity index (χ2v) is 7.45. The van der Waals surface area contributed by atoms with Crippen molar-refractivity contribution in [1.82, 2.24) is 14.9 Å². The molecule has 3 atom stereocenters. The van der Waals surface area contributed by atoms with Gasteiger partial charge in [0.05, 0.1) is 13.3 Å². The Morgan fingerprint density at radius 2 is 2.26 bits per heavy atom. The van der Waals surface area contributed by atoms with E-state index < -0.39 is 0 Å². The third-order valence-electron chi connectivity index (χ3n) is 5.32. The van der Waals surface area contributed by atoms with Gasteiger partial charge in [0.25, 0.3) is 5.56 Å². The van der Waals surface area contributed by atoms with E-state index in [9.17, 15) is 14.7 Å². The molecular formula is C17H28N6O4. The van der Waals surface area contributed by atoms with E-state index in [-0.39, 0.29) is 48.6 Å². The van der Waals surface area contributed by atoms with E-state index in [4.69, 9.17) is 10.5 Å². The molecule has 0 spiro atoms. The van der Waals surface area contributed by atoms with E-state index >= 15 is 0 Å². The highest BCUT2D eigenvalue weighted by Crippen LogP contribution is 2.42. The number of rotatable bonds is 8. The summed E-state index contributed by atoms with van der Waals surface area (Å²) in [6.45, 7) is 1.56. The normalized spacial score (nSPS) is 23.7. The number of nitrogens with zero attached hydrogens (tertiary/aromatic N) is 3. The van der Waals surface area contributed by atoms with Crippen LogP contribution in [0.5, 0.6) is 0 Å². The van der Waals surface area contributed by atoms with Gasteiger partial charge in [-0.2, -0.15) is 4.98 Å². The monoisotopic (exact) mass is 380 g/mol. The predicted molar refractivity (Wildman–Crippen MR) is 101 cm³/mol. The van der Waals surface area contributed by atoms with Crippen LogP contribution in [-0.2, 0) is 9.53 Å². The van der Waals surface area contributed by atoms with Crippen LogP contribution in [0.4, 0.5) is 17.5 Å². The second kappa shape index (κ2) is 8.13. The minimum atomic E-state index is -0.304. The molecule has 0 unspecified atom stereocenters. The zero-order valence-corrected chi connectivity index (χ0v) is 15.8. The summed E-state index contributed by atoms with van der Waals surface area (Å²) >= 11 is 0. The number of aromatic amines is 1. The largest absolute Gasteiger partial charge is 0.465 e. The molecular weight excluding hydrogens is 352 g/mol. The van der Waals surface area contributed by atoms with Crippen molar-refractivity contribution in [1.29, 1.82) is 0 Å². The van der Waals surface area contributed by atoms with E-state index in [0.29, 0.717) is 24.6 Å². The van der Waals surface area contributed by atoms with Crippen molar-refractivity contribution in [3.63, 3.8) is 0 Å². The highest BCUT2D eigenvalue weighted by atomic mass is 16.5. The van der Waals surface area contributed by atoms with E-state index in [1.165, 1.54) is 0 Å². The molecule has 2 aliphatic rings. The molecule has 0 saturated heterocycles. The molecule has 1 aromatic heterocycles. The molecule has 1 fully saturated rings. The van der Waals surface area contributed by atoms with Gasteiger partial charge in [-0.15, -0.1) is 0 Å². The number of ether oxygens (including phenoxy) is 1. The van der Waals surface area contributed by atoms with Gasteiger partial charge in [-0.1, -0.05) is 0 Å². The number of hydrogen-bond acceptors (Lipinski definition) is 9. The fourth-order valence-corrected chi connectivity index (χ4v) is 3.75. The molecule has 150 valence electrons. The lowest BCUT2D eigenvalue weighted by Crippen LogP contribution is -2.56. The number of esters is 1. The molecule has 1 aliphatic heterocycles. The van der Waals surface area contributed by atoms with Crippen molar-refractivity contribution in [3.8, 4) is 0 Å². The lowest BCUT2D eigenvalue weighted by molar-refractivity contribution is -0.148. The lowest BCUT2D eigenvalue weighted by atomic mass is 9.69. The Morgan fingerprint density at radius 3 is 2.96 bits per heavy atom. The first kappa shape index (κ1) is 19.4. The SMILES string of the molecule is CN(C)CCCC(=O)OC[C@@H]1[C@@H](CO)C[C@H]1N1CNc2c1nc(N)[nH]c2=O. The second-order valence-electron chi connectivity index (χ2n) is 7.45. The van der Waals surface area contributed by atoms with Crippen molar-refractivity contribution < 1.29 is 14.6 Å². The molecule has 1 aromatic rings. The first-order chi connectivity index (χ1) is 12.9. The van der Waals surface area contributed by atoms with Crippen LogP contribution in [0.3, 0.4) is 0 Å². The number of nitrogen functional groups attached to an aromatic ring is 1. The quantitative estimate of drug-likeness (QED) is 0.437. The number of hydrogen-bond donors (Lipinski definition) is 4. The van der Waals surface area contributed by atoms with Gasteiger partial charge in [0.1, 0.15) is 5.69 Å². The average Bonchev–Trinajstić information content (AvgIpc) is 2.98. The van der Waals surface area contributed by atoms with Crippen molar-refractivity contribution in [2.45, 2.75) is 25.3 Å². The number of aromatic nitrogens is 2. The van der Waals surface area contributed by atoms with Crippen molar-refractivity contribution in [2.24, 2.45) is 11.8 Å². The van der Waals surface area contributed by atoms with Crippen LogP contribution < -0.4 is 21.5 Å². The highest BCUT2D eigenvalue weighted by molar-refractivity contribution is 5.71. The summed E-state index contributed by atoms with van der Waals surface area (Å²) in [5, 5.41) is 12.6. The van der Waals surface area contributed by atoms with Crippen LogP contribution in [0.2, 0.25) is 0 Å². The molecule has 0 bridgehead atoms. The van der Waals surface area contributed by atoms with E-state index in [1.807, 2.05) is 23.9 Å². The predicted octanol–water partition coefficient (Wildman–Crippen LogP) is -0.576. The number of fused-ring (bicyclic) bond motifs is 1. The average molecular weight is 380 g/mol. The fourth-order valence-electron chi connectivity index (χ4n) is 3.75. The zero-order chi connectivity index (χ0) is 19.6. The Morgan fingerprint density at radius 1 is 1.48 bits per heavy atom. The first-order valence-electron chi connectivity index (χ1n) is 9.22. The molecule has 0 radical (unpaired) electrons. The third-order valence-corrected chi connectivity index (χ3v) is 5.32. The van der Waals surface area contributed by atoms with Crippen molar-refractivity contribution >= 4 is 23.4 Å². The van der Waals surface area contributed by atoms with Crippen LogP contribution in [0.25, 0.3) is 0 Å². The van der Waals surface area contributed by atoms with E-state index in [0.717, 1.165) is 19.4 Å². The summed E-state index contributed by atoms with van der Waals surface area (Å²) in [7, 11) is 3.92. The molecule has 27 heavy (non-hydrogen) atoms. The lowest BCUT2D eigenvalue weighted by Gasteiger charge is -2.48. The Labute approximate surface area is 157 Å². The minimum Gasteiger partial charge on any atom is -0.465 e. The van der Waals surface area contributed by atoms with Gasteiger partial charge in [-0.05, 0) is 39.4 Å². The van der Waals surface area contributed by atoms with Gasteiger partial charge >= 0.3 is 5.97 Å². The van der Waals surface area contributed by atoms with Crippen molar-refractivity contribution in [2.75, 3.05) is 56.5 Å². The summed E-state index contributed by atoms with van der Waals surface area (Å²) in [5.74, 6) is 0.406. The standard InChI is InChI=1S/C17H28N6O4/c1-22(2)5-3-4-13(25)27-8-11-10(7-24)6-12(11)23-9-19-14-15(23)20-17(18)21-16(14)26/h10-12,19,24H,3-9H2,1-2H3,(H3,18,20,21,26)/t10-,11-,12-/m1/s1. The number of nitrogens with one attached hydrogen (secondary N) is 2. The highest BCUT2D eigenvalue weighted by Gasteiger charge is 2.47. The van der Waals surface area contributed by atoms with E-state index in [2.05, 4.69) is 15.3 Å². The van der Waals surface area contributed by atoms with Crippen LogP contribution in [0.1, 0.15) is 19.3 Å². The summed E-state index contributed by atoms with van der Waals surface area (Å²) in [5.41, 5.74) is 5.77. The molecule has 1 aliphatic carbocycles. The molecule has 10 nitrogen and oxygen atoms in total. The Hall–Kier alpha value is -2.33. The molecule has 3 rings (SSSR count). The molecule has 0 aromatic carbocycles. The van der Waals surface area contributed by atoms with Gasteiger partial charge in [0.15, 0.2) is 5.82 Å². The summed E-state index contributed by atoms with van der Waals surface area (Å²) in [6.07, 6.45) is 1.87. The Kier molecular flexibility index (Phi) is 5.85. The summed E-state index contributed by atoms with van der Waals surface area (Å²) in [6, 6.07) is 0.0270. The van der Waals surface area contributed by atoms with Gasteiger partial charge < -0.3 is 30.7 Å². The number of anilines is 3. The molecule has 0 amide bonds. The maximum absolute atomic E-state index is 12.0. The maximum atomic E-state index is 12.0. The molecule has 2 heterocycles. The van der Waals surface area contributed by atoms with E-state index in [1.54, 1.807) is 0 Å². The van der Waals surface area contributed by atoms with Crippen LogP contribution >= 0.6 is 0 Å². The van der Waals surface area contributed by atoms with Gasteiger partial charge in [-0.25, -0.2) is 0 Å². The van der Waals surface area contributed by atoms with Gasteiger partial charge in [0.2, 0.25) is 5.95 Å². The summed E-state index contributed by atoms with van der Waals surface area (Å²) in [4.78, 5) is 34.7. The number of carbonyl (C=O) groups excluding carboxylic acids is 1. The zero-order valence-electron chi connectivity index (χ0n) is 15.8. The molecule has 10 heteroatoms. The number of carbonyl (C=O) groups is 1. The van der Waals surface area contributed by atoms with Crippen LogP contribution in [0.15, 0.2) is 4.79 Å². The summed E-state index contributed by atoms with van der Waals surface area (Å²) < 4.78 is 5.46. The fraction of sp³-hybridized carbons (Fsp3) is 0.706. The molecule has 5 N–H and O–H groups in total. The van der Waals surface area contributed by atoms with Gasteiger partial charge in [-0.3, -0.25) is 14.6 Å². The number of nitrogens with two attached hydrogens (primary N) is 1. The van der Waals surface area contributed by atoms with Crippen LogP contribution in [0, 0.1) is 11.8 Å². The molecule has 1 saturated carbocycles. The number of aliphatic hydroxyl groups is 1. The van der Waals surface area contributed by atoms with Gasteiger partial charge in [0, 0.05) is 25.0 Å². The van der Waals surface area contributed by atoms with Crippen LogP contribution in [-0.4, -0.2) is 72.5 Å². The minimum absolute atomic E-state index is 0.0112. The van der Waals surface area contributed by atoms with Crippen molar-refractivity contribution in [3.05, 3.63) is 10.4 Å². The number of H-pyrrole nitrogens is 1. The maximum Gasteiger partial charge on any atom is 0.305 e.